The van der Waals surface area contributed by atoms with E-state index in [9.17, 15) is 9.59 Å². The van der Waals surface area contributed by atoms with Crippen molar-refractivity contribution in [1.82, 2.24) is 15.1 Å². The number of H-pyrrole nitrogens is 1. The third-order valence-electron chi connectivity index (χ3n) is 2.64. The molecule has 7 nitrogen and oxygen atoms in total. The van der Waals surface area contributed by atoms with Gasteiger partial charge >= 0.3 is 11.8 Å². The molecule has 0 aliphatic carbocycles. The molecule has 1 aromatic rings. The minimum absolute atomic E-state index is 0.0449. The van der Waals surface area contributed by atoms with Gasteiger partial charge in [0.05, 0.1) is 5.92 Å². The lowest BCUT2D eigenvalue weighted by molar-refractivity contribution is 0.0291. The number of ether oxygens (including phenoxy) is 1. The van der Waals surface area contributed by atoms with Gasteiger partial charge in [0.1, 0.15) is 5.60 Å². The zero-order valence-corrected chi connectivity index (χ0v) is 10.7. The van der Waals surface area contributed by atoms with Crippen LogP contribution in [-0.2, 0) is 4.74 Å². The second kappa shape index (κ2) is 4.47. The quantitative estimate of drug-likeness (QED) is 0.811. The Morgan fingerprint density at radius 2 is 2.28 bits per heavy atom. The highest BCUT2D eigenvalue weighted by Gasteiger charge is 2.32. The van der Waals surface area contributed by atoms with Crippen LogP contribution in [0.3, 0.4) is 0 Å². The lowest BCUT2D eigenvalue weighted by Crippen LogP contribution is -2.35. The Kier molecular flexibility index (Phi) is 3.14. The Bertz CT molecular complexity index is 485. The molecule has 1 aliphatic heterocycles. The van der Waals surface area contributed by atoms with Crippen molar-refractivity contribution in [3.8, 4) is 0 Å². The number of hydrogen-bond acceptors (Lipinski definition) is 5. The summed E-state index contributed by atoms with van der Waals surface area (Å²) >= 11 is 0. The molecule has 2 rings (SSSR count). The van der Waals surface area contributed by atoms with Gasteiger partial charge < -0.3 is 14.1 Å². The van der Waals surface area contributed by atoms with Crippen LogP contribution in [0.5, 0.6) is 0 Å². The Morgan fingerprint density at radius 3 is 2.83 bits per heavy atom. The lowest BCUT2D eigenvalue weighted by Gasteiger charge is -2.24. The molecule has 18 heavy (non-hydrogen) atoms. The number of aromatic nitrogens is 2. The number of hydrogen-bond donors (Lipinski definition) is 1. The minimum Gasteiger partial charge on any atom is -0.444 e. The highest BCUT2D eigenvalue weighted by molar-refractivity contribution is 5.68. The van der Waals surface area contributed by atoms with Crippen LogP contribution in [0.4, 0.5) is 4.79 Å². The van der Waals surface area contributed by atoms with E-state index in [1.165, 1.54) is 0 Å². The third-order valence-corrected chi connectivity index (χ3v) is 2.64. The third kappa shape index (κ3) is 2.91. The summed E-state index contributed by atoms with van der Waals surface area (Å²) in [5, 5.41) is 6.00. The highest BCUT2D eigenvalue weighted by atomic mass is 16.6. The SMILES string of the molecule is CC(C)(C)OC(=O)N1CC[C@@H](c2n[nH]c(=O)o2)C1. The number of likely N-dealkylation sites (tertiary alicyclic amines) is 1. The van der Waals surface area contributed by atoms with Crippen molar-refractivity contribution >= 4 is 6.09 Å². The van der Waals surface area contributed by atoms with Crippen LogP contribution in [-0.4, -0.2) is 39.9 Å². The fraction of sp³-hybridized carbons (Fsp3) is 0.727. The molecule has 1 saturated heterocycles. The fourth-order valence-electron chi connectivity index (χ4n) is 1.87. The maximum Gasteiger partial charge on any atom is 0.434 e. The summed E-state index contributed by atoms with van der Waals surface area (Å²) in [6.07, 6.45) is 0.371. The van der Waals surface area contributed by atoms with Crippen molar-refractivity contribution in [3.63, 3.8) is 0 Å². The molecule has 100 valence electrons. The smallest absolute Gasteiger partial charge is 0.434 e. The van der Waals surface area contributed by atoms with Gasteiger partial charge in [-0.1, -0.05) is 0 Å². The number of amides is 1. The first kappa shape index (κ1) is 12.7. The molecule has 0 spiro atoms. The topological polar surface area (TPSA) is 88.4 Å². The molecule has 1 aromatic heterocycles. The van der Waals surface area contributed by atoms with Crippen LogP contribution >= 0.6 is 0 Å². The van der Waals surface area contributed by atoms with E-state index in [1.54, 1.807) is 4.90 Å². The van der Waals surface area contributed by atoms with Crippen LogP contribution in [0.1, 0.15) is 39.0 Å². The molecule has 0 saturated carbocycles. The Balaban J connectivity index is 1.96. The number of carbonyl (C=O) groups is 1. The van der Waals surface area contributed by atoms with Gasteiger partial charge in [0.25, 0.3) is 0 Å². The minimum atomic E-state index is -0.569. The Hall–Kier alpha value is -1.79. The molecule has 1 aliphatic rings. The first-order valence-corrected chi connectivity index (χ1v) is 5.88. The second-order valence-electron chi connectivity index (χ2n) is 5.36. The molecule has 1 atom stereocenters. The summed E-state index contributed by atoms with van der Waals surface area (Å²) in [4.78, 5) is 24.3. The first-order chi connectivity index (χ1) is 8.35. The molecule has 2 heterocycles. The lowest BCUT2D eigenvalue weighted by atomic mass is 10.1. The molecule has 1 N–H and O–H groups in total. The molecule has 0 aromatic carbocycles. The van der Waals surface area contributed by atoms with E-state index in [-0.39, 0.29) is 12.0 Å². The molecule has 0 bridgehead atoms. The van der Waals surface area contributed by atoms with Crippen molar-refractivity contribution in [3.05, 3.63) is 16.4 Å². The highest BCUT2D eigenvalue weighted by Crippen LogP contribution is 2.26. The van der Waals surface area contributed by atoms with Gasteiger partial charge in [-0.15, -0.1) is 5.10 Å². The Labute approximate surface area is 104 Å². The van der Waals surface area contributed by atoms with Crippen LogP contribution in [0.15, 0.2) is 9.21 Å². The van der Waals surface area contributed by atoms with Crippen LogP contribution in [0.2, 0.25) is 0 Å². The van der Waals surface area contributed by atoms with Crippen molar-refractivity contribution in [1.29, 1.82) is 0 Å². The summed E-state index contributed by atoms with van der Waals surface area (Å²) in [6, 6.07) is 0. The molecular formula is C11H17N3O4. The van der Waals surface area contributed by atoms with E-state index in [2.05, 4.69) is 10.2 Å². The van der Waals surface area contributed by atoms with Gasteiger partial charge in [-0.25, -0.2) is 14.7 Å². The predicted molar refractivity (Wildman–Crippen MR) is 62.3 cm³/mol. The second-order valence-corrected chi connectivity index (χ2v) is 5.36. The van der Waals surface area contributed by atoms with Crippen molar-refractivity contribution < 1.29 is 13.9 Å². The summed E-state index contributed by atoms with van der Waals surface area (Å²) in [7, 11) is 0. The van der Waals surface area contributed by atoms with E-state index >= 15 is 0 Å². The summed E-state index contributed by atoms with van der Waals surface area (Å²) in [5.74, 6) is -0.261. The summed E-state index contributed by atoms with van der Waals surface area (Å²) in [5.41, 5.74) is -0.506. The largest absolute Gasteiger partial charge is 0.444 e. The van der Waals surface area contributed by atoms with Crippen molar-refractivity contribution in [2.24, 2.45) is 0 Å². The maximum absolute atomic E-state index is 11.8. The van der Waals surface area contributed by atoms with E-state index in [0.29, 0.717) is 25.4 Å². The molecule has 0 unspecified atom stereocenters. The molecule has 1 amide bonds. The number of nitrogens with zero attached hydrogens (tertiary/aromatic N) is 2. The fourth-order valence-corrected chi connectivity index (χ4v) is 1.87. The van der Waals surface area contributed by atoms with Gasteiger partial charge in [-0.05, 0) is 27.2 Å². The van der Waals surface area contributed by atoms with Gasteiger partial charge in [0.15, 0.2) is 0 Å². The predicted octanol–water partition coefficient (Wildman–Crippen LogP) is 1.09. The van der Waals surface area contributed by atoms with Crippen molar-refractivity contribution in [2.45, 2.75) is 38.7 Å². The number of carbonyl (C=O) groups excluding carboxylic acids is 1. The van der Waals surface area contributed by atoms with E-state index < -0.39 is 11.4 Å². The van der Waals surface area contributed by atoms with Gasteiger partial charge in [-0.2, -0.15) is 0 Å². The molecule has 7 heteroatoms. The standard InChI is InChI=1S/C11H17N3O4/c1-11(2,3)18-10(16)14-5-4-7(6-14)8-12-13-9(15)17-8/h7H,4-6H2,1-3H3,(H,13,15)/t7-/m1/s1. The molecule has 1 fully saturated rings. The monoisotopic (exact) mass is 255 g/mol. The molecular weight excluding hydrogens is 238 g/mol. The number of rotatable bonds is 1. The number of nitrogens with one attached hydrogen (secondary N) is 1. The zero-order chi connectivity index (χ0) is 13.3. The van der Waals surface area contributed by atoms with Crippen LogP contribution in [0.25, 0.3) is 0 Å². The van der Waals surface area contributed by atoms with E-state index in [4.69, 9.17) is 9.15 Å². The maximum atomic E-state index is 11.8. The van der Waals surface area contributed by atoms with E-state index in [0.717, 1.165) is 0 Å². The zero-order valence-electron chi connectivity index (χ0n) is 10.7. The van der Waals surface area contributed by atoms with Crippen LogP contribution in [0, 0.1) is 0 Å². The average molecular weight is 255 g/mol. The van der Waals surface area contributed by atoms with Gasteiger partial charge in [0.2, 0.25) is 5.89 Å². The summed E-state index contributed by atoms with van der Waals surface area (Å²) < 4.78 is 10.2. The Morgan fingerprint density at radius 1 is 1.56 bits per heavy atom. The van der Waals surface area contributed by atoms with Crippen molar-refractivity contribution in [2.75, 3.05) is 13.1 Å². The average Bonchev–Trinajstić information content (AvgIpc) is 2.82. The molecule has 0 radical (unpaired) electrons. The summed E-state index contributed by atoms with van der Waals surface area (Å²) in [6.45, 7) is 6.51. The normalized spacial score (nSPS) is 20.2. The van der Waals surface area contributed by atoms with Crippen LogP contribution < -0.4 is 5.76 Å². The first-order valence-electron chi connectivity index (χ1n) is 5.88. The van der Waals surface area contributed by atoms with Gasteiger partial charge in [-0.3, -0.25) is 0 Å². The van der Waals surface area contributed by atoms with Gasteiger partial charge in [0, 0.05) is 13.1 Å². The number of aromatic amines is 1. The van der Waals surface area contributed by atoms with E-state index in [1.807, 2.05) is 20.8 Å².